The Morgan fingerprint density at radius 2 is 0.591 bits per heavy atom. The van der Waals surface area contributed by atoms with Crippen molar-refractivity contribution in [3.63, 3.8) is 0 Å². The summed E-state index contributed by atoms with van der Waals surface area (Å²) in [5.41, 5.74) is 2.60. The van der Waals surface area contributed by atoms with Crippen molar-refractivity contribution in [3.05, 3.63) is 108 Å². The van der Waals surface area contributed by atoms with Crippen LogP contribution in [0.2, 0.25) is 0 Å². The van der Waals surface area contributed by atoms with Crippen LogP contribution < -0.4 is 5.32 Å². The average Bonchev–Trinajstić information content (AvgIpc) is 2.62. The monoisotopic (exact) mass is 1290 g/mol. The molecule has 1 aliphatic rings. The van der Waals surface area contributed by atoms with Crippen LogP contribution in [0.15, 0.2) is 91.0 Å². The second-order valence-electron chi connectivity index (χ2n) is 26.0. The van der Waals surface area contributed by atoms with Crippen LogP contribution in [0.1, 0.15) is 236 Å². The summed E-state index contributed by atoms with van der Waals surface area (Å²) in [4.78, 5) is 90.8. The highest BCUT2D eigenvalue weighted by Gasteiger charge is 2.24. The van der Waals surface area contributed by atoms with Crippen molar-refractivity contribution in [3.8, 4) is 0 Å². The van der Waals surface area contributed by atoms with Crippen LogP contribution in [-0.2, 0) is 67.5 Å². The Morgan fingerprint density at radius 3 is 0.871 bits per heavy atom. The van der Waals surface area contributed by atoms with Crippen molar-refractivity contribution in [2.45, 2.75) is 239 Å². The van der Waals surface area contributed by atoms with Gasteiger partial charge in [-0.1, -0.05) is 297 Å². The number of nitrogens with one attached hydrogen (secondary N) is 1. The van der Waals surface area contributed by atoms with Crippen LogP contribution in [0.25, 0.3) is 0 Å². The second kappa shape index (κ2) is 54.6. The summed E-state index contributed by atoms with van der Waals surface area (Å²) >= 11 is 0. The van der Waals surface area contributed by atoms with E-state index in [1.807, 2.05) is 115 Å². The van der Waals surface area contributed by atoms with Gasteiger partial charge in [-0.3, -0.25) is 48.4 Å². The molecular formula is C77H124N6O10. The highest BCUT2D eigenvalue weighted by Crippen LogP contribution is 2.17. The summed E-state index contributed by atoms with van der Waals surface area (Å²) in [6.45, 7) is 8.23. The van der Waals surface area contributed by atoms with Gasteiger partial charge in [0.05, 0.1) is 26.2 Å². The number of ether oxygens (including phenoxy) is 4. The van der Waals surface area contributed by atoms with Crippen LogP contribution in [0.3, 0.4) is 0 Å². The van der Waals surface area contributed by atoms with E-state index in [1.54, 1.807) is 0 Å². The van der Waals surface area contributed by atoms with E-state index in [9.17, 15) is 28.8 Å². The lowest BCUT2D eigenvalue weighted by atomic mass is 10.0. The molecule has 522 valence electrons. The smallest absolute Gasteiger partial charge is 0.325 e. The van der Waals surface area contributed by atoms with E-state index in [1.165, 1.54) is 167 Å². The molecule has 1 N–H and O–H groups in total. The third-order valence-electron chi connectivity index (χ3n) is 17.8. The molecule has 93 heavy (non-hydrogen) atoms. The summed E-state index contributed by atoms with van der Waals surface area (Å²) in [6.07, 6.45) is 41.1. The van der Waals surface area contributed by atoms with Gasteiger partial charge in [-0.05, 0) is 29.5 Å². The maximum atomic E-state index is 13.8. The quantitative estimate of drug-likeness (QED) is 0.0322. The molecule has 3 aromatic rings. The number of unbranched alkanes of at least 4 members (excludes halogenated alkanes) is 30. The molecule has 16 heteroatoms. The lowest BCUT2D eigenvalue weighted by Crippen LogP contribution is -2.50. The van der Waals surface area contributed by atoms with Gasteiger partial charge < -0.3 is 29.2 Å². The van der Waals surface area contributed by atoms with Gasteiger partial charge in [-0.15, -0.1) is 0 Å². The van der Waals surface area contributed by atoms with Gasteiger partial charge in [0.1, 0.15) is 26.4 Å². The van der Waals surface area contributed by atoms with E-state index >= 15 is 0 Å². The van der Waals surface area contributed by atoms with Gasteiger partial charge >= 0.3 is 23.9 Å². The molecule has 16 nitrogen and oxygen atoms in total. The Labute approximate surface area is 562 Å². The molecule has 0 radical (unpaired) electrons. The number of amides is 2. The van der Waals surface area contributed by atoms with E-state index in [0.717, 1.165) is 55.2 Å². The lowest BCUT2D eigenvalue weighted by Gasteiger charge is -2.33. The zero-order valence-electron chi connectivity index (χ0n) is 58.0. The SMILES string of the molecule is CCCCCCCCCCCCCCCCCCN(CCCCCCCCCCCCCCCCCC)C(=O)COC(=O)CNC(=O)CN1CCN(CC(=O)OCc2ccccc2)CCN(CC(=O)OCc2ccccc2)CCN(CC(=O)OCc2ccccc2)CC1. The minimum absolute atomic E-state index is 0.00819. The summed E-state index contributed by atoms with van der Waals surface area (Å²) in [5.74, 6) is -2.53. The number of rotatable bonds is 52. The zero-order valence-corrected chi connectivity index (χ0v) is 58.0. The van der Waals surface area contributed by atoms with Gasteiger partial charge in [0.15, 0.2) is 6.61 Å². The minimum Gasteiger partial charge on any atom is -0.460 e. The molecule has 0 bridgehead atoms. The molecular weight excluding hydrogens is 1170 g/mol. The van der Waals surface area contributed by atoms with Gasteiger partial charge in [0.25, 0.3) is 5.91 Å². The molecule has 1 heterocycles. The number of carbonyl (C=O) groups excluding carboxylic acids is 6. The van der Waals surface area contributed by atoms with E-state index in [2.05, 4.69) is 19.2 Å². The van der Waals surface area contributed by atoms with Crippen molar-refractivity contribution < 1.29 is 47.7 Å². The predicted molar refractivity (Wildman–Crippen MR) is 374 cm³/mol. The van der Waals surface area contributed by atoms with Crippen molar-refractivity contribution in [2.24, 2.45) is 0 Å². The Balaban J connectivity index is 1.30. The topological polar surface area (TPSA) is 168 Å². The van der Waals surface area contributed by atoms with Crippen LogP contribution in [0.5, 0.6) is 0 Å². The zero-order chi connectivity index (χ0) is 66.3. The first-order valence-corrected chi connectivity index (χ1v) is 36.8. The second-order valence-corrected chi connectivity index (χ2v) is 26.0. The highest BCUT2D eigenvalue weighted by molar-refractivity contribution is 5.85. The predicted octanol–water partition coefficient (Wildman–Crippen LogP) is 14.4. The molecule has 0 spiro atoms. The summed E-state index contributed by atoms with van der Waals surface area (Å²) in [5, 5.41) is 2.73. The van der Waals surface area contributed by atoms with Gasteiger partial charge in [0.2, 0.25) is 5.91 Å². The van der Waals surface area contributed by atoms with Crippen molar-refractivity contribution in [2.75, 3.05) is 105 Å². The third-order valence-corrected chi connectivity index (χ3v) is 17.8. The van der Waals surface area contributed by atoms with Gasteiger partial charge in [-0.25, -0.2) is 0 Å². The Bertz CT molecular complexity index is 2260. The maximum Gasteiger partial charge on any atom is 0.325 e. The number of nitrogens with zero attached hydrogens (tertiary/aromatic N) is 5. The standard InChI is InChI=1S/C77H124N6O10/c1-3-5-7-9-11-13-15-17-19-21-23-25-27-29-31-42-50-83(51-43-32-30-28-26-24-22-20-18-16-14-12-10-8-6-4-2)73(85)68-93-74(86)60-78-72(84)61-79-52-54-80(62-75(87)90-65-69-44-36-33-37-45-69)56-58-82(64-77(89)92-67-71-48-40-35-41-49-71)59-57-81(55-53-79)63-76(88)91-66-70-46-38-34-39-47-70/h33-41,44-49H,3-32,42-43,50-68H2,1-2H3,(H,78,84). The molecule has 2 amide bonds. The molecule has 3 aromatic carbocycles. The average molecular weight is 1290 g/mol. The third kappa shape index (κ3) is 43.1. The van der Waals surface area contributed by atoms with E-state index < -0.39 is 36.3 Å². The molecule has 0 saturated carbocycles. The van der Waals surface area contributed by atoms with E-state index in [-0.39, 0.29) is 58.5 Å². The molecule has 0 atom stereocenters. The lowest BCUT2D eigenvalue weighted by molar-refractivity contribution is -0.151. The number of carbonyl (C=O) groups is 6. The summed E-state index contributed by atoms with van der Waals surface area (Å²) < 4.78 is 22.7. The van der Waals surface area contributed by atoms with Crippen molar-refractivity contribution >= 4 is 35.7 Å². The van der Waals surface area contributed by atoms with Crippen LogP contribution in [0.4, 0.5) is 0 Å². The van der Waals surface area contributed by atoms with Gasteiger partial charge in [-0.2, -0.15) is 0 Å². The largest absolute Gasteiger partial charge is 0.460 e. The van der Waals surface area contributed by atoms with E-state index in [4.69, 9.17) is 18.9 Å². The molecule has 1 aliphatic heterocycles. The van der Waals surface area contributed by atoms with Gasteiger partial charge in [0, 0.05) is 65.4 Å². The number of hydrogen-bond acceptors (Lipinski definition) is 14. The fourth-order valence-corrected chi connectivity index (χ4v) is 11.9. The van der Waals surface area contributed by atoms with E-state index in [0.29, 0.717) is 65.4 Å². The Hall–Kier alpha value is -5.68. The normalized spacial score (nSPS) is 13.8. The van der Waals surface area contributed by atoms with Crippen molar-refractivity contribution in [1.82, 2.24) is 29.8 Å². The Kier molecular flexibility index (Phi) is 46.8. The molecule has 0 aliphatic carbocycles. The molecule has 0 unspecified atom stereocenters. The first-order valence-electron chi connectivity index (χ1n) is 36.8. The number of benzene rings is 3. The summed E-state index contributed by atoms with van der Waals surface area (Å²) in [7, 11) is 0. The fourth-order valence-electron chi connectivity index (χ4n) is 11.9. The molecule has 0 aromatic heterocycles. The summed E-state index contributed by atoms with van der Waals surface area (Å²) in [6, 6.07) is 28.4. The first-order chi connectivity index (χ1) is 45.6. The maximum absolute atomic E-state index is 13.8. The van der Waals surface area contributed by atoms with Crippen LogP contribution in [-0.4, -0.2) is 165 Å². The van der Waals surface area contributed by atoms with Crippen molar-refractivity contribution in [1.29, 1.82) is 0 Å². The molecule has 4 rings (SSSR count). The van der Waals surface area contributed by atoms with Crippen LogP contribution >= 0.6 is 0 Å². The Morgan fingerprint density at radius 1 is 0.333 bits per heavy atom. The number of esters is 4. The molecule has 1 fully saturated rings. The minimum atomic E-state index is -0.691. The first kappa shape index (κ1) is 79.8. The molecule has 1 saturated heterocycles. The van der Waals surface area contributed by atoms with Crippen LogP contribution in [0, 0.1) is 0 Å². The fraction of sp³-hybridized carbons (Fsp3) is 0.688. The number of hydrogen-bond donors (Lipinski definition) is 1. The highest BCUT2D eigenvalue weighted by atomic mass is 16.5.